The molecule has 0 aliphatic carbocycles. The van der Waals surface area contributed by atoms with Gasteiger partial charge >= 0.3 is 0 Å². The molecule has 7 heteroatoms. The quantitative estimate of drug-likeness (QED) is 0.367. The molecule has 6 nitrogen and oxygen atoms in total. The van der Waals surface area contributed by atoms with Crippen molar-refractivity contribution in [1.82, 2.24) is 5.32 Å². The number of unbranched alkanes of at least 4 members (excludes halogenated alkanes) is 1. The summed E-state index contributed by atoms with van der Waals surface area (Å²) >= 11 is 6.36. The number of non-ortho nitro benzene ring substituents is 1. The molecule has 0 bridgehead atoms. The third kappa shape index (κ3) is 5.61. The van der Waals surface area contributed by atoms with E-state index >= 15 is 0 Å². The van der Waals surface area contributed by atoms with Gasteiger partial charge in [0.1, 0.15) is 6.61 Å². The van der Waals surface area contributed by atoms with E-state index in [1.54, 1.807) is 25.3 Å². The van der Waals surface area contributed by atoms with Gasteiger partial charge in [-0.1, -0.05) is 24.9 Å². The van der Waals surface area contributed by atoms with Crippen LogP contribution < -0.4 is 14.8 Å². The lowest BCUT2D eigenvalue weighted by molar-refractivity contribution is -0.384. The first kappa shape index (κ1) is 20.0. The molecule has 0 aliphatic rings. The molecule has 0 unspecified atom stereocenters. The first-order chi connectivity index (χ1) is 12.5. The van der Waals surface area contributed by atoms with Crippen molar-refractivity contribution >= 4 is 17.3 Å². The molecule has 26 heavy (non-hydrogen) atoms. The van der Waals surface area contributed by atoms with E-state index in [-0.39, 0.29) is 12.3 Å². The van der Waals surface area contributed by atoms with Gasteiger partial charge < -0.3 is 14.8 Å². The topological polar surface area (TPSA) is 73.6 Å². The number of nitrogens with one attached hydrogen (secondary N) is 1. The molecule has 0 saturated heterocycles. The number of methoxy groups -OCH3 is 1. The fraction of sp³-hybridized carbons (Fsp3) is 0.368. The first-order valence-corrected chi connectivity index (χ1v) is 8.86. The van der Waals surface area contributed by atoms with Crippen molar-refractivity contribution in [3.8, 4) is 11.5 Å². The molecule has 0 atom stereocenters. The van der Waals surface area contributed by atoms with E-state index in [4.69, 9.17) is 21.1 Å². The molecule has 1 N–H and O–H groups in total. The summed E-state index contributed by atoms with van der Waals surface area (Å²) in [4.78, 5) is 10.3. The van der Waals surface area contributed by atoms with Gasteiger partial charge in [0.05, 0.1) is 12.0 Å². The maximum Gasteiger partial charge on any atom is 0.269 e. The van der Waals surface area contributed by atoms with Crippen LogP contribution in [0.3, 0.4) is 0 Å². The highest BCUT2D eigenvalue weighted by Gasteiger charge is 2.11. The summed E-state index contributed by atoms with van der Waals surface area (Å²) in [6.45, 7) is 4.01. The maximum absolute atomic E-state index is 10.7. The Balaban J connectivity index is 2.04. The van der Waals surface area contributed by atoms with E-state index in [9.17, 15) is 10.1 Å². The SMILES string of the molecule is CCCCNCc1cc(OC)c(OCc2ccc([N+](=O)[O-])cc2)cc1Cl. The summed E-state index contributed by atoms with van der Waals surface area (Å²) in [5, 5.41) is 14.6. The molecule has 2 aromatic carbocycles. The number of nitrogens with zero attached hydrogens (tertiary/aromatic N) is 1. The van der Waals surface area contributed by atoms with Crippen molar-refractivity contribution in [2.45, 2.75) is 32.9 Å². The van der Waals surface area contributed by atoms with E-state index in [0.717, 1.165) is 30.5 Å². The summed E-state index contributed by atoms with van der Waals surface area (Å²) in [6.07, 6.45) is 2.25. The standard InChI is InChI=1S/C19H23ClN2O4/c1-3-4-9-21-12-15-10-18(25-2)19(11-17(15)20)26-13-14-5-7-16(8-6-14)22(23)24/h5-8,10-11,21H,3-4,9,12-13H2,1-2H3. The van der Waals surface area contributed by atoms with Crippen LogP contribution in [0.1, 0.15) is 30.9 Å². The van der Waals surface area contributed by atoms with Crippen molar-refractivity contribution in [3.05, 3.63) is 62.7 Å². The second kappa shape index (κ2) is 9.99. The molecule has 2 rings (SSSR count). The molecule has 0 aromatic heterocycles. The Labute approximate surface area is 158 Å². The van der Waals surface area contributed by atoms with Crippen molar-refractivity contribution in [2.24, 2.45) is 0 Å². The van der Waals surface area contributed by atoms with Crippen LogP contribution in [0.2, 0.25) is 5.02 Å². The normalized spacial score (nSPS) is 10.6. The molecule has 0 radical (unpaired) electrons. The van der Waals surface area contributed by atoms with E-state index in [1.165, 1.54) is 12.1 Å². The Morgan fingerprint density at radius 3 is 2.54 bits per heavy atom. The first-order valence-electron chi connectivity index (χ1n) is 8.48. The van der Waals surface area contributed by atoms with Crippen molar-refractivity contribution in [1.29, 1.82) is 0 Å². The zero-order valence-corrected chi connectivity index (χ0v) is 15.7. The van der Waals surface area contributed by atoms with Crippen LogP contribution in [0.15, 0.2) is 36.4 Å². The molecular weight excluding hydrogens is 356 g/mol. The minimum Gasteiger partial charge on any atom is -0.493 e. The summed E-state index contributed by atoms with van der Waals surface area (Å²) in [5.41, 5.74) is 1.82. The number of nitro benzene ring substituents is 1. The second-order valence-corrected chi connectivity index (χ2v) is 6.24. The predicted octanol–water partition coefficient (Wildman–Crippen LogP) is 4.73. The zero-order chi connectivity index (χ0) is 18.9. The summed E-state index contributed by atoms with van der Waals surface area (Å²) in [5.74, 6) is 1.14. The minimum absolute atomic E-state index is 0.0503. The number of hydrogen-bond donors (Lipinski definition) is 1. The number of hydrogen-bond acceptors (Lipinski definition) is 5. The van der Waals surface area contributed by atoms with Gasteiger partial charge in [0, 0.05) is 29.8 Å². The van der Waals surface area contributed by atoms with Gasteiger partial charge in [-0.05, 0) is 42.3 Å². The highest BCUT2D eigenvalue weighted by molar-refractivity contribution is 6.31. The lowest BCUT2D eigenvalue weighted by Gasteiger charge is -2.14. The Hall–Kier alpha value is -2.31. The van der Waals surface area contributed by atoms with Crippen LogP contribution in [0, 0.1) is 10.1 Å². The number of benzene rings is 2. The molecule has 0 fully saturated rings. The summed E-state index contributed by atoms with van der Waals surface area (Å²) < 4.78 is 11.2. The van der Waals surface area contributed by atoms with Crippen LogP contribution >= 0.6 is 11.6 Å². The third-order valence-corrected chi connectivity index (χ3v) is 4.25. The Kier molecular flexibility index (Phi) is 7.69. The average Bonchev–Trinajstić information content (AvgIpc) is 2.65. The molecule has 0 saturated carbocycles. The smallest absolute Gasteiger partial charge is 0.269 e. The molecule has 140 valence electrons. The summed E-state index contributed by atoms with van der Waals surface area (Å²) in [7, 11) is 1.58. The van der Waals surface area contributed by atoms with Gasteiger partial charge in [0.25, 0.3) is 5.69 Å². The Morgan fingerprint density at radius 1 is 1.19 bits per heavy atom. The van der Waals surface area contributed by atoms with Gasteiger partial charge in [-0.25, -0.2) is 0 Å². The van der Waals surface area contributed by atoms with Gasteiger partial charge in [0.2, 0.25) is 0 Å². The van der Waals surface area contributed by atoms with Gasteiger partial charge in [-0.3, -0.25) is 10.1 Å². The van der Waals surface area contributed by atoms with E-state index in [2.05, 4.69) is 12.2 Å². The fourth-order valence-electron chi connectivity index (χ4n) is 2.38. The van der Waals surface area contributed by atoms with Crippen molar-refractivity contribution in [3.63, 3.8) is 0 Å². The minimum atomic E-state index is -0.430. The molecule has 0 amide bonds. The molecule has 0 aliphatic heterocycles. The fourth-order valence-corrected chi connectivity index (χ4v) is 2.61. The van der Waals surface area contributed by atoms with E-state index in [1.807, 2.05) is 6.07 Å². The highest BCUT2D eigenvalue weighted by Crippen LogP contribution is 2.34. The molecule has 2 aromatic rings. The van der Waals surface area contributed by atoms with E-state index in [0.29, 0.717) is 23.1 Å². The zero-order valence-electron chi connectivity index (χ0n) is 15.0. The number of nitro groups is 1. The Bertz CT molecular complexity index is 735. The molecule has 0 spiro atoms. The van der Waals surface area contributed by atoms with Crippen LogP contribution in [0.25, 0.3) is 0 Å². The van der Waals surface area contributed by atoms with E-state index < -0.39 is 4.92 Å². The highest BCUT2D eigenvalue weighted by atomic mass is 35.5. The monoisotopic (exact) mass is 378 g/mol. The lowest BCUT2D eigenvalue weighted by Crippen LogP contribution is -2.14. The van der Waals surface area contributed by atoms with Gasteiger partial charge in [0.15, 0.2) is 11.5 Å². The molecule has 0 heterocycles. The molecular formula is C19H23ClN2O4. The van der Waals surface area contributed by atoms with Crippen LogP contribution in [-0.4, -0.2) is 18.6 Å². The maximum atomic E-state index is 10.7. The Morgan fingerprint density at radius 2 is 1.92 bits per heavy atom. The van der Waals surface area contributed by atoms with Crippen LogP contribution in [0.4, 0.5) is 5.69 Å². The summed E-state index contributed by atoms with van der Waals surface area (Å²) in [6, 6.07) is 9.84. The number of ether oxygens (including phenoxy) is 2. The number of rotatable bonds is 10. The van der Waals surface area contributed by atoms with Crippen LogP contribution in [-0.2, 0) is 13.2 Å². The predicted molar refractivity (Wildman–Crippen MR) is 102 cm³/mol. The largest absolute Gasteiger partial charge is 0.493 e. The van der Waals surface area contributed by atoms with Gasteiger partial charge in [-0.15, -0.1) is 0 Å². The second-order valence-electron chi connectivity index (χ2n) is 5.84. The third-order valence-electron chi connectivity index (χ3n) is 3.90. The van der Waals surface area contributed by atoms with Gasteiger partial charge in [-0.2, -0.15) is 0 Å². The number of halogens is 1. The lowest BCUT2D eigenvalue weighted by atomic mass is 10.2. The average molecular weight is 379 g/mol. The van der Waals surface area contributed by atoms with Crippen molar-refractivity contribution in [2.75, 3.05) is 13.7 Å². The van der Waals surface area contributed by atoms with Crippen molar-refractivity contribution < 1.29 is 14.4 Å². The van der Waals surface area contributed by atoms with Crippen LogP contribution in [0.5, 0.6) is 11.5 Å².